The molecule has 5 heteroatoms. The molecule has 0 aliphatic rings. The summed E-state index contributed by atoms with van der Waals surface area (Å²) in [5, 5.41) is 9.47. The van der Waals surface area contributed by atoms with Crippen LogP contribution in [0.4, 0.5) is 4.39 Å². The van der Waals surface area contributed by atoms with Crippen molar-refractivity contribution in [2.45, 2.75) is 19.2 Å². The van der Waals surface area contributed by atoms with Crippen LogP contribution < -0.4 is 0 Å². The Morgan fingerprint density at radius 3 is 2.69 bits per heavy atom. The third-order valence-electron chi connectivity index (χ3n) is 2.20. The van der Waals surface area contributed by atoms with E-state index in [1.807, 2.05) is 13.8 Å². The zero-order chi connectivity index (χ0) is 11.7. The van der Waals surface area contributed by atoms with Crippen LogP contribution in [0, 0.1) is 12.7 Å². The highest BCUT2D eigenvalue weighted by Crippen LogP contribution is 2.31. The van der Waals surface area contributed by atoms with E-state index in [0.29, 0.717) is 0 Å². The number of alkyl halides is 1. The molecule has 2 nitrogen and oxygen atoms in total. The minimum absolute atomic E-state index is 0.146. The van der Waals surface area contributed by atoms with Crippen molar-refractivity contribution in [3.8, 4) is 10.6 Å². The quantitative estimate of drug-likeness (QED) is 0.761. The summed E-state index contributed by atoms with van der Waals surface area (Å²) in [6.45, 7) is 3.70. The van der Waals surface area contributed by atoms with Gasteiger partial charge >= 0.3 is 0 Å². The van der Waals surface area contributed by atoms with Gasteiger partial charge in [-0.05, 0) is 37.6 Å². The zero-order valence-electron chi connectivity index (χ0n) is 8.87. The van der Waals surface area contributed by atoms with Crippen LogP contribution in [0.2, 0.25) is 0 Å². The second-order valence-corrected chi connectivity index (χ2v) is 5.18. The SMILES string of the molecule is Cc1cc(F)ccc1-c1nnc(C(C)Cl)s1. The molecule has 0 saturated heterocycles. The van der Waals surface area contributed by atoms with Crippen molar-refractivity contribution in [3.63, 3.8) is 0 Å². The smallest absolute Gasteiger partial charge is 0.148 e. The molecule has 0 aliphatic heterocycles. The van der Waals surface area contributed by atoms with Crippen molar-refractivity contribution in [1.29, 1.82) is 0 Å². The second-order valence-electron chi connectivity index (χ2n) is 3.52. The van der Waals surface area contributed by atoms with Gasteiger partial charge in [0.25, 0.3) is 0 Å². The fourth-order valence-electron chi connectivity index (χ4n) is 1.37. The lowest BCUT2D eigenvalue weighted by Crippen LogP contribution is -1.84. The summed E-state index contributed by atoms with van der Waals surface area (Å²) in [5.41, 5.74) is 1.76. The first-order valence-electron chi connectivity index (χ1n) is 4.82. The standard InChI is InChI=1S/C11H10ClFN2S/c1-6-5-8(13)3-4-9(6)11-15-14-10(16-11)7(2)12/h3-5,7H,1-2H3. The number of nitrogens with zero attached hydrogens (tertiary/aromatic N) is 2. The Hall–Kier alpha value is -1.00. The van der Waals surface area contributed by atoms with E-state index in [0.717, 1.165) is 21.1 Å². The fraction of sp³-hybridized carbons (Fsp3) is 0.273. The third-order valence-corrected chi connectivity index (χ3v) is 3.68. The summed E-state index contributed by atoms with van der Waals surface area (Å²) in [6, 6.07) is 4.63. The van der Waals surface area contributed by atoms with E-state index in [-0.39, 0.29) is 11.2 Å². The Labute approximate surface area is 102 Å². The van der Waals surface area contributed by atoms with Crippen LogP contribution in [0.3, 0.4) is 0 Å². The predicted octanol–water partition coefficient (Wildman–Crippen LogP) is 3.95. The summed E-state index contributed by atoms with van der Waals surface area (Å²) in [5.74, 6) is -0.239. The molecule has 1 aromatic carbocycles. The molecule has 0 N–H and O–H groups in total. The topological polar surface area (TPSA) is 25.8 Å². The zero-order valence-corrected chi connectivity index (χ0v) is 10.4. The highest BCUT2D eigenvalue weighted by molar-refractivity contribution is 7.15. The van der Waals surface area contributed by atoms with E-state index < -0.39 is 0 Å². The minimum Gasteiger partial charge on any atom is -0.207 e. The molecule has 1 unspecified atom stereocenters. The van der Waals surface area contributed by atoms with Gasteiger partial charge in [0, 0.05) is 5.56 Å². The van der Waals surface area contributed by atoms with E-state index in [4.69, 9.17) is 11.6 Å². The average Bonchev–Trinajstić information content (AvgIpc) is 2.66. The highest BCUT2D eigenvalue weighted by Gasteiger charge is 2.12. The molecule has 0 amide bonds. The maximum Gasteiger partial charge on any atom is 0.148 e. The van der Waals surface area contributed by atoms with Gasteiger partial charge in [0.15, 0.2) is 0 Å². The number of aryl methyl sites for hydroxylation is 1. The number of rotatable bonds is 2. The number of hydrogen-bond acceptors (Lipinski definition) is 3. The van der Waals surface area contributed by atoms with Crippen LogP contribution in [0.1, 0.15) is 22.9 Å². The third kappa shape index (κ3) is 2.23. The van der Waals surface area contributed by atoms with Crippen LogP contribution in [0.25, 0.3) is 10.6 Å². The molecule has 84 valence electrons. The molecule has 0 saturated carbocycles. The summed E-state index contributed by atoms with van der Waals surface area (Å²) in [7, 11) is 0. The Bertz CT molecular complexity index is 510. The molecule has 0 radical (unpaired) electrons. The molecule has 0 fully saturated rings. The van der Waals surface area contributed by atoms with E-state index in [9.17, 15) is 4.39 Å². The number of hydrogen-bond donors (Lipinski definition) is 0. The van der Waals surface area contributed by atoms with E-state index in [1.54, 1.807) is 6.07 Å². The normalized spacial score (nSPS) is 12.8. The van der Waals surface area contributed by atoms with Crippen molar-refractivity contribution in [2.24, 2.45) is 0 Å². The summed E-state index contributed by atoms with van der Waals surface area (Å²) in [4.78, 5) is 0. The van der Waals surface area contributed by atoms with Gasteiger partial charge in [-0.1, -0.05) is 11.3 Å². The van der Waals surface area contributed by atoms with Crippen molar-refractivity contribution < 1.29 is 4.39 Å². The first-order valence-corrected chi connectivity index (χ1v) is 6.07. The van der Waals surface area contributed by atoms with E-state index in [2.05, 4.69) is 10.2 Å². The molecule has 0 aliphatic carbocycles. The van der Waals surface area contributed by atoms with Gasteiger partial charge in [-0.3, -0.25) is 0 Å². The van der Waals surface area contributed by atoms with Crippen molar-refractivity contribution in [1.82, 2.24) is 10.2 Å². The van der Waals surface area contributed by atoms with Crippen LogP contribution in [-0.2, 0) is 0 Å². The summed E-state index contributed by atoms with van der Waals surface area (Å²) >= 11 is 7.35. The van der Waals surface area contributed by atoms with Gasteiger partial charge in [-0.25, -0.2) is 4.39 Å². The Morgan fingerprint density at radius 1 is 1.38 bits per heavy atom. The van der Waals surface area contributed by atoms with Crippen LogP contribution >= 0.6 is 22.9 Å². The van der Waals surface area contributed by atoms with Crippen LogP contribution in [-0.4, -0.2) is 10.2 Å². The van der Waals surface area contributed by atoms with Gasteiger partial charge in [0.1, 0.15) is 15.8 Å². The monoisotopic (exact) mass is 256 g/mol. The highest BCUT2D eigenvalue weighted by atomic mass is 35.5. The minimum atomic E-state index is -0.239. The van der Waals surface area contributed by atoms with Crippen molar-refractivity contribution >= 4 is 22.9 Å². The summed E-state index contributed by atoms with van der Waals surface area (Å²) < 4.78 is 12.9. The number of benzene rings is 1. The molecule has 2 rings (SSSR count). The van der Waals surface area contributed by atoms with E-state index in [1.165, 1.54) is 23.5 Å². The lowest BCUT2D eigenvalue weighted by atomic mass is 10.1. The maximum atomic E-state index is 12.9. The average molecular weight is 257 g/mol. The Kier molecular flexibility index (Phi) is 3.21. The van der Waals surface area contributed by atoms with Gasteiger partial charge < -0.3 is 0 Å². The van der Waals surface area contributed by atoms with Crippen molar-refractivity contribution in [3.05, 3.63) is 34.6 Å². The summed E-state index contributed by atoms with van der Waals surface area (Å²) in [6.07, 6.45) is 0. The molecule has 16 heavy (non-hydrogen) atoms. The van der Waals surface area contributed by atoms with Gasteiger partial charge in [0.2, 0.25) is 0 Å². The maximum absolute atomic E-state index is 12.9. The Morgan fingerprint density at radius 2 is 2.12 bits per heavy atom. The molecule has 0 spiro atoms. The van der Waals surface area contributed by atoms with Crippen LogP contribution in [0.5, 0.6) is 0 Å². The molecule has 2 aromatic rings. The lowest BCUT2D eigenvalue weighted by molar-refractivity contribution is 0.627. The van der Waals surface area contributed by atoms with Gasteiger partial charge in [-0.2, -0.15) is 0 Å². The molecule has 1 aromatic heterocycles. The van der Waals surface area contributed by atoms with E-state index >= 15 is 0 Å². The Balaban J connectivity index is 2.42. The van der Waals surface area contributed by atoms with Gasteiger partial charge in [-0.15, -0.1) is 21.8 Å². The first-order chi connectivity index (χ1) is 7.58. The number of halogens is 2. The molecular formula is C11H10ClFN2S. The van der Waals surface area contributed by atoms with Crippen LogP contribution in [0.15, 0.2) is 18.2 Å². The molecule has 1 heterocycles. The first kappa shape index (κ1) is 11.5. The largest absolute Gasteiger partial charge is 0.207 e. The predicted molar refractivity (Wildman–Crippen MR) is 64.3 cm³/mol. The molecule has 1 atom stereocenters. The fourth-order valence-corrected chi connectivity index (χ4v) is 2.41. The number of aromatic nitrogens is 2. The molecular weight excluding hydrogens is 247 g/mol. The van der Waals surface area contributed by atoms with Gasteiger partial charge in [0.05, 0.1) is 5.38 Å². The molecule has 0 bridgehead atoms. The second kappa shape index (κ2) is 4.47. The van der Waals surface area contributed by atoms with Crippen molar-refractivity contribution in [2.75, 3.05) is 0 Å². The lowest BCUT2D eigenvalue weighted by Gasteiger charge is -2.00.